The number of carbonyl (C=O) groups excluding carboxylic acids is 1. The van der Waals surface area contributed by atoms with Gasteiger partial charge in [-0.15, -0.1) is 0 Å². The largest absolute Gasteiger partial charge is 0.388 e. The molecule has 2 rings (SSSR count). The first-order chi connectivity index (χ1) is 7.03. The van der Waals surface area contributed by atoms with E-state index in [-0.39, 0.29) is 10.5 Å². The minimum absolute atomic E-state index is 0.0648. The first kappa shape index (κ1) is 11.7. The Labute approximate surface area is 88.1 Å². The molecule has 1 heterocycles. The molecule has 6 heteroatoms. The van der Waals surface area contributed by atoms with E-state index < -0.39 is 15.9 Å². The van der Waals surface area contributed by atoms with Gasteiger partial charge in [-0.2, -0.15) is 0 Å². The lowest BCUT2D eigenvalue weighted by Crippen LogP contribution is -2.20. The molecule has 0 saturated carbocycles. The molecule has 1 aromatic carbocycles. The summed E-state index contributed by atoms with van der Waals surface area (Å²) in [7, 11) is -0.304. The SMILES string of the molecule is COC.O=C1NS(=O)(=O)c2ccccc21. The number of fused-ring (bicyclic) bond motifs is 1. The second-order valence-corrected chi connectivity index (χ2v) is 4.49. The normalized spacial score (nSPS) is 16.0. The average molecular weight is 229 g/mol. The zero-order valence-corrected chi connectivity index (χ0v) is 9.17. The van der Waals surface area contributed by atoms with Crippen LogP contribution in [-0.2, 0) is 14.8 Å². The van der Waals surface area contributed by atoms with E-state index in [2.05, 4.69) is 4.74 Å². The fraction of sp³-hybridized carbons (Fsp3) is 0.222. The number of hydrogen-bond donors (Lipinski definition) is 1. The number of nitrogens with one attached hydrogen (secondary N) is 1. The molecule has 82 valence electrons. The number of benzene rings is 1. The monoisotopic (exact) mass is 229 g/mol. The predicted molar refractivity (Wildman–Crippen MR) is 54.0 cm³/mol. The quantitative estimate of drug-likeness (QED) is 0.698. The number of ether oxygens (including phenoxy) is 1. The Hall–Kier alpha value is -1.40. The third-order valence-electron chi connectivity index (χ3n) is 1.65. The number of hydrogen-bond acceptors (Lipinski definition) is 4. The number of carbonyl (C=O) groups is 1. The van der Waals surface area contributed by atoms with Gasteiger partial charge in [0.25, 0.3) is 15.9 Å². The molecule has 1 N–H and O–H groups in total. The van der Waals surface area contributed by atoms with Crippen molar-refractivity contribution in [3.8, 4) is 0 Å². The molecule has 1 amide bonds. The van der Waals surface area contributed by atoms with Crippen molar-refractivity contribution >= 4 is 15.9 Å². The highest BCUT2D eigenvalue weighted by atomic mass is 32.2. The van der Waals surface area contributed by atoms with Gasteiger partial charge in [-0.1, -0.05) is 12.1 Å². The van der Waals surface area contributed by atoms with Crippen LogP contribution in [0.1, 0.15) is 10.4 Å². The van der Waals surface area contributed by atoms with Gasteiger partial charge in [-0.3, -0.25) is 4.79 Å². The molecule has 0 aromatic heterocycles. The van der Waals surface area contributed by atoms with E-state index in [4.69, 9.17) is 0 Å². The minimum atomic E-state index is -3.55. The van der Waals surface area contributed by atoms with E-state index in [9.17, 15) is 13.2 Å². The van der Waals surface area contributed by atoms with Crippen LogP contribution >= 0.6 is 0 Å². The van der Waals surface area contributed by atoms with Gasteiger partial charge in [-0.05, 0) is 12.1 Å². The standard InChI is InChI=1S/C7H5NO3S.C2H6O/c9-7-5-3-1-2-4-6(5)12(10,11)8-7;1-3-2/h1-4H,(H,8,9);1-2H3. The van der Waals surface area contributed by atoms with Crippen LogP contribution < -0.4 is 4.72 Å². The summed E-state index contributed by atoms with van der Waals surface area (Å²) in [6.07, 6.45) is 0. The van der Waals surface area contributed by atoms with Crippen LogP contribution in [-0.4, -0.2) is 28.5 Å². The number of amides is 1. The molecule has 15 heavy (non-hydrogen) atoms. The van der Waals surface area contributed by atoms with Crippen LogP contribution in [0.2, 0.25) is 0 Å². The van der Waals surface area contributed by atoms with Gasteiger partial charge in [0.15, 0.2) is 0 Å². The van der Waals surface area contributed by atoms with E-state index in [1.165, 1.54) is 12.1 Å². The Balaban J connectivity index is 0.000000337. The first-order valence-electron chi connectivity index (χ1n) is 4.09. The van der Waals surface area contributed by atoms with Gasteiger partial charge in [0.05, 0.1) is 5.56 Å². The summed E-state index contributed by atoms with van der Waals surface area (Å²) in [5, 5.41) is 0. The van der Waals surface area contributed by atoms with Gasteiger partial charge < -0.3 is 4.74 Å². The zero-order chi connectivity index (χ0) is 11.5. The third-order valence-corrected chi connectivity index (χ3v) is 3.04. The van der Waals surface area contributed by atoms with E-state index in [1.807, 2.05) is 4.72 Å². The zero-order valence-electron chi connectivity index (χ0n) is 8.35. The van der Waals surface area contributed by atoms with Crippen molar-refractivity contribution < 1.29 is 17.9 Å². The maximum Gasteiger partial charge on any atom is 0.266 e. The second kappa shape index (κ2) is 4.41. The summed E-state index contributed by atoms with van der Waals surface area (Å²) in [5.41, 5.74) is 0.220. The number of sulfonamides is 1. The Morgan fingerprint density at radius 3 is 2.27 bits per heavy atom. The lowest BCUT2D eigenvalue weighted by molar-refractivity contribution is 0.0985. The fourth-order valence-corrected chi connectivity index (χ4v) is 2.29. The molecule has 1 aromatic rings. The Kier molecular flexibility index (Phi) is 3.43. The minimum Gasteiger partial charge on any atom is -0.388 e. The van der Waals surface area contributed by atoms with Gasteiger partial charge in [0, 0.05) is 14.2 Å². The number of methoxy groups -OCH3 is 1. The smallest absolute Gasteiger partial charge is 0.266 e. The molecule has 0 saturated heterocycles. The molecule has 1 aliphatic heterocycles. The highest BCUT2D eigenvalue weighted by Crippen LogP contribution is 2.20. The third kappa shape index (κ3) is 2.34. The van der Waals surface area contributed by atoms with Crippen LogP contribution in [0.4, 0.5) is 0 Å². The molecule has 0 bridgehead atoms. The fourth-order valence-electron chi connectivity index (χ4n) is 1.12. The van der Waals surface area contributed by atoms with Crippen molar-refractivity contribution in [1.29, 1.82) is 0 Å². The van der Waals surface area contributed by atoms with Crippen molar-refractivity contribution in [1.82, 2.24) is 4.72 Å². The van der Waals surface area contributed by atoms with Gasteiger partial charge in [0.1, 0.15) is 4.90 Å². The van der Waals surface area contributed by atoms with Crippen molar-refractivity contribution in [3.63, 3.8) is 0 Å². The van der Waals surface area contributed by atoms with Crippen molar-refractivity contribution in [2.45, 2.75) is 4.90 Å². The highest BCUT2D eigenvalue weighted by molar-refractivity contribution is 7.90. The molecule has 0 radical (unpaired) electrons. The number of rotatable bonds is 0. The summed E-state index contributed by atoms with van der Waals surface area (Å²) in [6, 6.07) is 6.09. The molecule has 5 nitrogen and oxygen atoms in total. The van der Waals surface area contributed by atoms with Crippen LogP contribution in [0.15, 0.2) is 29.2 Å². The van der Waals surface area contributed by atoms with Crippen molar-refractivity contribution in [3.05, 3.63) is 29.8 Å². The van der Waals surface area contributed by atoms with Crippen molar-refractivity contribution in [2.24, 2.45) is 0 Å². The van der Waals surface area contributed by atoms with Gasteiger partial charge in [0.2, 0.25) is 0 Å². The Morgan fingerprint density at radius 2 is 1.73 bits per heavy atom. The lowest BCUT2D eigenvalue weighted by atomic mass is 10.2. The van der Waals surface area contributed by atoms with Crippen LogP contribution in [0.25, 0.3) is 0 Å². The van der Waals surface area contributed by atoms with Gasteiger partial charge >= 0.3 is 0 Å². The predicted octanol–water partition coefficient (Wildman–Crippen LogP) is 0.381. The molecule has 0 atom stereocenters. The maximum absolute atomic E-state index is 11.1. The van der Waals surface area contributed by atoms with Gasteiger partial charge in [-0.25, -0.2) is 13.1 Å². The van der Waals surface area contributed by atoms with E-state index in [0.717, 1.165) is 0 Å². The van der Waals surface area contributed by atoms with E-state index >= 15 is 0 Å². The molecular formula is C9H11NO4S. The summed E-state index contributed by atoms with van der Waals surface area (Å²) in [6.45, 7) is 0. The maximum atomic E-state index is 11.1. The Bertz CT molecular complexity index is 467. The second-order valence-electron chi connectivity index (χ2n) is 2.84. The van der Waals surface area contributed by atoms with Crippen LogP contribution in [0.3, 0.4) is 0 Å². The Morgan fingerprint density at radius 1 is 1.20 bits per heavy atom. The summed E-state index contributed by atoms with van der Waals surface area (Å²) < 4.78 is 28.4. The lowest BCUT2D eigenvalue weighted by Gasteiger charge is -1.91. The molecule has 1 aliphatic rings. The molecule has 0 unspecified atom stereocenters. The molecule has 0 fully saturated rings. The van der Waals surface area contributed by atoms with Crippen molar-refractivity contribution in [2.75, 3.05) is 14.2 Å². The molecule has 0 spiro atoms. The average Bonchev–Trinajstić information content (AvgIpc) is 2.40. The summed E-state index contributed by atoms with van der Waals surface area (Å²) in [5.74, 6) is -0.550. The molecule has 0 aliphatic carbocycles. The van der Waals surface area contributed by atoms with Crippen LogP contribution in [0, 0.1) is 0 Å². The van der Waals surface area contributed by atoms with E-state index in [0.29, 0.717) is 0 Å². The van der Waals surface area contributed by atoms with E-state index in [1.54, 1.807) is 26.4 Å². The first-order valence-corrected chi connectivity index (χ1v) is 5.57. The summed E-state index contributed by atoms with van der Waals surface area (Å²) >= 11 is 0. The highest BCUT2D eigenvalue weighted by Gasteiger charge is 2.31. The topological polar surface area (TPSA) is 72.5 Å². The van der Waals surface area contributed by atoms with Crippen LogP contribution in [0.5, 0.6) is 0 Å². The molecular weight excluding hydrogens is 218 g/mol. The summed E-state index contributed by atoms with van der Waals surface area (Å²) in [4.78, 5) is 11.1.